The number of halogens is 1. The highest BCUT2D eigenvalue weighted by Crippen LogP contribution is 2.27. The van der Waals surface area contributed by atoms with Crippen LogP contribution in [0.5, 0.6) is 5.75 Å². The minimum absolute atomic E-state index is 0.133. The molecule has 0 fully saturated rings. The number of esters is 1. The molecule has 0 heterocycles. The van der Waals surface area contributed by atoms with Crippen molar-refractivity contribution in [2.75, 3.05) is 19.0 Å². The maximum Gasteiger partial charge on any atom is 0.338 e. The zero-order valence-corrected chi connectivity index (χ0v) is 16.2. The number of carbonyl (C=O) groups excluding carboxylic acids is 2. The summed E-state index contributed by atoms with van der Waals surface area (Å²) in [6.45, 7) is 3.98. The van der Waals surface area contributed by atoms with Crippen LogP contribution in [0.1, 0.15) is 29.8 Å². The normalized spacial score (nSPS) is 10.6. The van der Waals surface area contributed by atoms with Gasteiger partial charge in [-0.1, -0.05) is 23.7 Å². The maximum absolute atomic E-state index is 12.0. The summed E-state index contributed by atoms with van der Waals surface area (Å²) in [6.07, 6.45) is 0.133. The summed E-state index contributed by atoms with van der Waals surface area (Å²) in [5, 5.41) is 2.97. The van der Waals surface area contributed by atoms with Crippen LogP contribution in [0.15, 0.2) is 42.5 Å². The highest BCUT2D eigenvalue weighted by atomic mass is 35.5. The Hall–Kier alpha value is -2.57. The minimum atomic E-state index is -0.575. The number of nitrogens with one attached hydrogen (secondary N) is 1. The Balaban J connectivity index is 1.83. The second-order valence-corrected chi connectivity index (χ2v) is 6.44. The van der Waals surface area contributed by atoms with Crippen molar-refractivity contribution >= 4 is 29.2 Å². The van der Waals surface area contributed by atoms with Crippen LogP contribution in [0.25, 0.3) is 0 Å². The number of rotatable bonds is 8. The van der Waals surface area contributed by atoms with Crippen molar-refractivity contribution in [1.29, 1.82) is 0 Å². The highest BCUT2D eigenvalue weighted by Gasteiger charge is 2.11. The predicted octanol–water partition coefficient (Wildman–Crippen LogP) is 4.07. The molecule has 0 bridgehead atoms. The van der Waals surface area contributed by atoms with Crippen LogP contribution in [-0.2, 0) is 20.9 Å². The Morgan fingerprint density at radius 2 is 1.81 bits per heavy atom. The van der Waals surface area contributed by atoms with E-state index < -0.39 is 18.5 Å². The molecule has 0 saturated heterocycles. The van der Waals surface area contributed by atoms with Gasteiger partial charge in [0, 0.05) is 5.69 Å². The molecule has 0 aliphatic carbocycles. The summed E-state index contributed by atoms with van der Waals surface area (Å²) < 4.78 is 15.6. The fourth-order valence-corrected chi connectivity index (χ4v) is 2.41. The monoisotopic (exact) mass is 391 g/mol. The van der Waals surface area contributed by atoms with Gasteiger partial charge in [0.2, 0.25) is 0 Å². The zero-order chi connectivity index (χ0) is 19.8. The summed E-state index contributed by atoms with van der Waals surface area (Å²) in [5.41, 5.74) is 1.80. The number of hydrogen-bond donors (Lipinski definition) is 1. The van der Waals surface area contributed by atoms with E-state index in [-0.39, 0.29) is 6.10 Å². The van der Waals surface area contributed by atoms with Gasteiger partial charge in [0.15, 0.2) is 6.61 Å². The van der Waals surface area contributed by atoms with Crippen molar-refractivity contribution < 1.29 is 23.8 Å². The summed E-state index contributed by atoms with van der Waals surface area (Å²) in [6, 6.07) is 11.7. The molecule has 144 valence electrons. The van der Waals surface area contributed by atoms with Gasteiger partial charge in [-0.25, -0.2) is 4.79 Å². The van der Waals surface area contributed by atoms with Gasteiger partial charge in [-0.2, -0.15) is 0 Å². The standard InChI is InChI=1S/C20H22ClNO5/c1-13(2)26-11-14-4-6-15(7-5-14)20(24)27-12-19(23)22-16-8-9-18(25-3)17(21)10-16/h4-10,13H,11-12H2,1-3H3,(H,22,23). The van der Waals surface area contributed by atoms with E-state index in [0.29, 0.717) is 28.6 Å². The lowest BCUT2D eigenvalue weighted by atomic mass is 10.1. The van der Waals surface area contributed by atoms with E-state index in [4.69, 9.17) is 25.8 Å². The third kappa shape index (κ3) is 6.58. The minimum Gasteiger partial charge on any atom is -0.495 e. The first-order valence-electron chi connectivity index (χ1n) is 8.40. The second-order valence-electron chi connectivity index (χ2n) is 6.03. The van der Waals surface area contributed by atoms with Crippen LogP contribution in [0.3, 0.4) is 0 Å². The third-order valence-corrected chi connectivity index (χ3v) is 3.84. The van der Waals surface area contributed by atoms with Crippen LogP contribution in [0.2, 0.25) is 5.02 Å². The number of hydrogen-bond acceptors (Lipinski definition) is 5. The van der Waals surface area contributed by atoms with Gasteiger partial charge < -0.3 is 19.5 Å². The lowest BCUT2D eigenvalue weighted by molar-refractivity contribution is -0.119. The van der Waals surface area contributed by atoms with Crippen molar-refractivity contribution in [3.05, 3.63) is 58.6 Å². The molecule has 0 aromatic heterocycles. The number of carbonyl (C=O) groups is 2. The van der Waals surface area contributed by atoms with E-state index in [1.165, 1.54) is 7.11 Å². The maximum atomic E-state index is 12.0. The third-order valence-electron chi connectivity index (χ3n) is 3.54. The van der Waals surface area contributed by atoms with Crippen LogP contribution in [0.4, 0.5) is 5.69 Å². The molecule has 0 spiro atoms. The summed E-state index contributed by atoms with van der Waals surface area (Å²) in [4.78, 5) is 24.0. The lowest BCUT2D eigenvalue weighted by Crippen LogP contribution is -2.21. The predicted molar refractivity (Wildman–Crippen MR) is 103 cm³/mol. The Morgan fingerprint density at radius 1 is 1.11 bits per heavy atom. The first kappa shape index (κ1) is 20.7. The molecule has 0 saturated carbocycles. The van der Waals surface area contributed by atoms with Gasteiger partial charge in [0.1, 0.15) is 5.75 Å². The van der Waals surface area contributed by atoms with Crippen molar-refractivity contribution in [2.24, 2.45) is 0 Å². The van der Waals surface area contributed by atoms with Crippen molar-refractivity contribution in [3.63, 3.8) is 0 Å². The summed E-state index contributed by atoms with van der Waals surface area (Å²) in [7, 11) is 1.50. The van der Waals surface area contributed by atoms with Gasteiger partial charge in [-0.3, -0.25) is 4.79 Å². The van der Waals surface area contributed by atoms with E-state index >= 15 is 0 Å². The van der Waals surface area contributed by atoms with Gasteiger partial charge in [0.05, 0.1) is 30.4 Å². The van der Waals surface area contributed by atoms with Crippen LogP contribution in [-0.4, -0.2) is 31.7 Å². The van der Waals surface area contributed by atoms with Gasteiger partial charge >= 0.3 is 5.97 Å². The molecular formula is C20H22ClNO5. The molecule has 27 heavy (non-hydrogen) atoms. The number of ether oxygens (including phenoxy) is 3. The van der Waals surface area contributed by atoms with Gasteiger partial charge in [0.25, 0.3) is 5.91 Å². The number of amides is 1. The SMILES string of the molecule is COc1ccc(NC(=O)COC(=O)c2ccc(COC(C)C)cc2)cc1Cl. The number of methoxy groups -OCH3 is 1. The van der Waals surface area contributed by atoms with E-state index in [2.05, 4.69) is 5.32 Å². The Kier molecular flexibility index (Phi) is 7.64. The number of benzene rings is 2. The Bertz CT molecular complexity index is 789. The zero-order valence-electron chi connectivity index (χ0n) is 15.5. The quantitative estimate of drug-likeness (QED) is 0.686. The van der Waals surface area contributed by atoms with Crippen LogP contribution < -0.4 is 10.1 Å². The summed E-state index contributed by atoms with van der Waals surface area (Å²) >= 11 is 6.00. The molecule has 0 atom stereocenters. The molecule has 0 aliphatic heterocycles. The highest BCUT2D eigenvalue weighted by molar-refractivity contribution is 6.32. The molecule has 0 unspecified atom stereocenters. The average molecular weight is 392 g/mol. The van der Waals surface area contributed by atoms with Gasteiger partial charge in [-0.15, -0.1) is 0 Å². The second kappa shape index (κ2) is 9.94. The fraction of sp³-hybridized carbons (Fsp3) is 0.300. The molecule has 1 amide bonds. The Labute approximate surface area is 163 Å². The molecular weight excluding hydrogens is 370 g/mol. The summed E-state index contributed by atoms with van der Waals surface area (Å²) in [5.74, 6) is -0.538. The van der Waals surface area contributed by atoms with E-state index in [0.717, 1.165) is 5.56 Å². The van der Waals surface area contributed by atoms with Crippen molar-refractivity contribution in [1.82, 2.24) is 0 Å². The van der Waals surface area contributed by atoms with Crippen molar-refractivity contribution in [3.8, 4) is 5.75 Å². The molecule has 6 nitrogen and oxygen atoms in total. The van der Waals surface area contributed by atoms with E-state index in [1.807, 2.05) is 13.8 Å². The topological polar surface area (TPSA) is 73.9 Å². The Morgan fingerprint density at radius 3 is 2.41 bits per heavy atom. The molecule has 7 heteroatoms. The molecule has 2 aromatic carbocycles. The van der Waals surface area contributed by atoms with Gasteiger partial charge in [-0.05, 0) is 49.7 Å². The van der Waals surface area contributed by atoms with E-state index in [9.17, 15) is 9.59 Å². The lowest BCUT2D eigenvalue weighted by Gasteiger charge is -2.09. The van der Waals surface area contributed by atoms with E-state index in [1.54, 1.807) is 42.5 Å². The molecule has 0 aliphatic rings. The molecule has 0 radical (unpaired) electrons. The van der Waals surface area contributed by atoms with Crippen molar-refractivity contribution in [2.45, 2.75) is 26.6 Å². The largest absolute Gasteiger partial charge is 0.495 e. The molecule has 2 aromatic rings. The number of anilines is 1. The van der Waals surface area contributed by atoms with Crippen LogP contribution in [0, 0.1) is 0 Å². The fourth-order valence-electron chi connectivity index (χ4n) is 2.16. The molecule has 1 N–H and O–H groups in total. The van der Waals surface area contributed by atoms with Crippen LogP contribution >= 0.6 is 11.6 Å². The average Bonchev–Trinajstić information content (AvgIpc) is 2.65. The smallest absolute Gasteiger partial charge is 0.338 e. The first-order valence-corrected chi connectivity index (χ1v) is 8.78. The molecule has 2 rings (SSSR count). The first-order chi connectivity index (χ1) is 12.9.